The second kappa shape index (κ2) is 11.9. The Morgan fingerprint density at radius 3 is 2.59 bits per heavy atom. The number of aromatic nitrogens is 1. The molecule has 1 fully saturated rings. The van der Waals surface area contributed by atoms with Crippen molar-refractivity contribution in [3.05, 3.63) is 54.2 Å². The number of ether oxygens (including phenoxy) is 2. The molecule has 2 atom stereocenters. The Hall–Kier alpha value is -3.23. The lowest BCUT2D eigenvalue weighted by atomic mass is 10.0. The number of nitrogens with one attached hydrogen (secondary N) is 1. The van der Waals surface area contributed by atoms with Crippen molar-refractivity contribution in [1.82, 2.24) is 14.8 Å². The smallest absolute Gasteiger partial charge is 0.220 e. The van der Waals surface area contributed by atoms with Gasteiger partial charge in [-0.3, -0.25) is 4.79 Å². The zero-order valence-electron chi connectivity index (χ0n) is 21.3. The Kier molecular flexibility index (Phi) is 8.16. The van der Waals surface area contributed by atoms with E-state index in [9.17, 15) is 15.0 Å². The van der Waals surface area contributed by atoms with Gasteiger partial charge in [-0.05, 0) is 62.5 Å². The van der Waals surface area contributed by atoms with Gasteiger partial charge in [-0.1, -0.05) is 30.7 Å². The Labute approximate surface area is 217 Å². The van der Waals surface area contributed by atoms with Crippen LogP contribution in [0.3, 0.4) is 0 Å². The maximum Gasteiger partial charge on any atom is 0.220 e. The van der Waals surface area contributed by atoms with E-state index in [2.05, 4.69) is 10.2 Å². The largest absolute Gasteiger partial charge is 0.494 e. The number of fused-ring (bicyclic) bond motifs is 2. The van der Waals surface area contributed by atoms with Crippen LogP contribution in [0.25, 0.3) is 10.8 Å². The van der Waals surface area contributed by atoms with Gasteiger partial charge in [0.05, 0.1) is 6.04 Å². The molecule has 3 heterocycles. The summed E-state index contributed by atoms with van der Waals surface area (Å²) in [5, 5.41) is 26.7. The van der Waals surface area contributed by atoms with Crippen LogP contribution in [0.4, 0.5) is 0 Å². The molecule has 1 saturated heterocycles. The van der Waals surface area contributed by atoms with Crippen LogP contribution in [0.1, 0.15) is 50.2 Å². The lowest BCUT2D eigenvalue weighted by Gasteiger charge is -2.29. The number of amides is 1. The van der Waals surface area contributed by atoms with Crippen molar-refractivity contribution in [3.8, 4) is 17.4 Å². The third kappa shape index (κ3) is 6.19. The molecule has 2 aromatic carbocycles. The number of benzene rings is 2. The first-order valence-corrected chi connectivity index (χ1v) is 13.4. The van der Waals surface area contributed by atoms with Gasteiger partial charge < -0.3 is 34.5 Å². The van der Waals surface area contributed by atoms with Gasteiger partial charge >= 0.3 is 0 Å². The van der Waals surface area contributed by atoms with Crippen LogP contribution >= 0.6 is 0 Å². The van der Waals surface area contributed by atoms with E-state index in [-0.39, 0.29) is 5.91 Å². The molecule has 2 aliphatic rings. The number of aromatic hydroxyl groups is 1. The molecular weight excluding hydrogens is 470 g/mol. The molecule has 0 aliphatic carbocycles. The number of aliphatic hydroxyl groups is 1. The third-order valence-corrected chi connectivity index (χ3v) is 7.36. The summed E-state index contributed by atoms with van der Waals surface area (Å²) in [7, 11) is 0. The Morgan fingerprint density at radius 2 is 1.78 bits per heavy atom. The van der Waals surface area contributed by atoms with E-state index in [1.807, 2.05) is 53.2 Å². The molecule has 1 amide bonds. The minimum Gasteiger partial charge on any atom is -0.494 e. The lowest BCUT2D eigenvalue weighted by Crippen LogP contribution is -2.46. The van der Waals surface area contributed by atoms with Gasteiger partial charge in [-0.15, -0.1) is 0 Å². The molecule has 5 rings (SSSR count). The van der Waals surface area contributed by atoms with Crippen molar-refractivity contribution < 1.29 is 24.5 Å². The summed E-state index contributed by atoms with van der Waals surface area (Å²) < 4.78 is 13.2. The average molecular weight is 508 g/mol. The minimum atomic E-state index is -0.841. The molecule has 37 heavy (non-hydrogen) atoms. The number of aryl methyl sites for hydroxylation is 1. The maximum atomic E-state index is 12.9. The number of carbonyl (C=O) groups excluding carboxylic acids is 1. The molecule has 3 N–H and O–H groups in total. The molecule has 2 aliphatic heterocycles. The van der Waals surface area contributed by atoms with Crippen molar-refractivity contribution in [2.24, 2.45) is 0 Å². The maximum absolute atomic E-state index is 12.9. The fourth-order valence-corrected chi connectivity index (χ4v) is 5.33. The lowest BCUT2D eigenvalue weighted by molar-refractivity contribution is -0.123. The summed E-state index contributed by atoms with van der Waals surface area (Å²) in [4.78, 5) is 15.2. The van der Waals surface area contributed by atoms with Gasteiger partial charge in [-0.2, -0.15) is 0 Å². The standard InChI is InChI=1S/C29H37N3O5/c33-27(10-2-1-5-15-32-19-22-8-3-4-9-23(22)29(32)35)30-24(20-31-13-6-7-14-31)28(34)21-11-12-25-26(18-21)37-17-16-36-25/h3-4,8-9,11-12,18-19,24,28,34-35H,1-2,5-7,10,13-17,20H2,(H,30,33)/t24-,28-/m1/s1. The number of nitrogens with zero attached hydrogens (tertiary/aromatic N) is 2. The van der Waals surface area contributed by atoms with Crippen molar-refractivity contribution >= 4 is 16.7 Å². The number of rotatable bonds is 11. The van der Waals surface area contributed by atoms with Gasteiger partial charge in [-0.25, -0.2) is 0 Å². The Balaban J connectivity index is 1.13. The summed E-state index contributed by atoms with van der Waals surface area (Å²) in [5.74, 6) is 1.57. The molecular formula is C29H37N3O5. The summed E-state index contributed by atoms with van der Waals surface area (Å²) in [5.41, 5.74) is 0.715. The van der Waals surface area contributed by atoms with Gasteiger partial charge in [0.1, 0.15) is 19.3 Å². The topological polar surface area (TPSA) is 96.2 Å². The quantitative estimate of drug-likeness (QED) is 0.340. The first-order valence-electron chi connectivity index (χ1n) is 13.4. The predicted molar refractivity (Wildman–Crippen MR) is 142 cm³/mol. The van der Waals surface area contributed by atoms with Crippen LogP contribution in [-0.4, -0.2) is 64.5 Å². The molecule has 0 spiro atoms. The van der Waals surface area contributed by atoms with Crippen LogP contribution in [0.15, 0.2) is 48.7 Å². The van der Waals surface area contributed by atoms with Crippen LogP contribution in [0, 0.1) is 0 Å². The highest BCUT2D eigenvalue weighted by atomic mass is 16.6. The normalized spacial score (nSPS) is 17.1. The number of carbonyl (C=O) groups is 1. The number of unbranched alkanes of at least 4 members (excludes halogenated alkanes) is 2. The second-order valence-corrected chi connectivity index (χ2v) is 10.1. The first kappa shape index (κ1) is 25.4. The minimum absolute atomic E-state index is 0.0460. The summed E-state index contributed by atoms with van der Waals surface area (Å²) in [6, 6.07) is 12.9. The number of likely N-dealkylation sites (tertiary alicyclic amines) is 1. The zero-order valence-corrected chi connectivity index (χ0v) is 21.3. The summed E-state index contributed by atoms with van der Waals surface area (Å²) >= 11 is 0. The fraction of sp³-hybridized carbons (Fsp3) is 0.483. The van der Waals surface area contributed by atoms with Crippen molar-refractivity contribution in [3.63, 3.8) is 0 Å². The number of hydrogen-bond acceptors (Lipinski definition) is 6. The third-order valence-electron chi connectivity index (χ3n) is 7.36. The molecule has 8 nitrogen and oxygen atoms in total. The predicted octanol–water partition coefficient (Wildman–Crippen LogP) is 3.99. The van der Waals surface area contributed by atoms with Crippen molar-refractivity contribution in [1.29, 1.82) is 0 Å². The fourth-order valence-electron chi connectivity index (χ4n) is 5.33. The van der Waals surface area contributed by atoms with E-state index >= 15 is 0 Å². The summed E-state index contributed by atoms with van der Waals surface area (Å²) in [6.07, 6.45) is 6.33. The van der Waals surface area contributed by atoms with Crippen LogP contribution in [-0.2, 0) is 11.3 Å². The van der Waals surface area contributed by atoms with Crippen molar-refractivity contribution in [2.45, 2.75) is 57.2 Å². The second-order valence-electron chi connectivity index (χ2n) is 10.1. The highest BCUT2D eigenvalue weighted by Crippen LogP contribution is 2.33. The van der Waals surface area contributed by atoms with Gasteiger partial charge in [0.25, 0.3) is 0 Å². The van der Waals surface area contributed by atoms with E-state index in [1.165, 1.54) is 0 Å². The number of aliphatic hydroxyl groups excluding tert-OH is 1. The highest BCUT2D eigenvalue weighted by molar-refractivity contribution is 5.87. The molecule has 0 saturated carbocycles. The SMILES string of the molecule is O=C(CCCCCn1cc2ccccc2c1O)N[C@H](CN1CCCC1)[C@H](O)c1ccc2c(c1)OCCO2. The van der Waals surface area contributed by atoms with Gasteiger partial charge in [0.2, 0.25) is 5.91 Å². The molecule has 8 heteroatoms. The van der Waals surface area contributed by atoms with E-state index in [4.69, 9.17) is 9.47 Å². The molecule has 0 radical (unpaired) electrons. The molecule has 198 valence electrons. The van der Waals surface area contributed by atoms with E-state index < -0.39 is 12.1 Å². The number of hydrogen-bond donors (Lipinski definition) is 3. The highest BCUT2D eigenvalue weighted by Gasteiger charge is 2.27. The zero-order chi connectivity index (χ0) is 25.6. The van der Waals surface area contributed by atoms with Crippen LogP contribution in [0.5, 0.6) is 17.4 Å². The average Bonchev–Trinajstić information content (AvgIpc) is 3.55. The Bertz CT molecular complexity index is 1200. The molecule has 0 unspecified atom stereocenters. The molecule has 3 aromatic rings. The Morgan fingerprint density at radius 1 is 1.00 bits per heavy atom. The van der Waals surface area contributed by atoms with Crippen LogP contribution < -0.4 is 14.8 Å². The van der Waals surface area contributed by atoms with E-state index in [0.717, 1.165) is 56.0 Å². The van der Waals surface area contributed by atoms with Crippen molar-refractivity contribution in [2.75, 3.05) is 32.8 Å². The molecule has 0 bridgehead atoms. The van der Waals surface area contributed by atoms with Gasteiger partial charge in [0, 0.05) is 36.5 Å². The summed E-state index contributed by atoms with van der Waals surface area (Å²) in [6.45, 7) is 4.31. The van der Waals surface area contributed by atoms with E-state index in [0.29, 0.717) is 55.7 Å². The molecule has 1 aromatic heterocycles. The van der Waals surface area contributed by atoms with E-state index in [1.54, 1.807) is 0 Å². The van der Waals surface area contributed by atoms with Gasteiger partial charge in [0.15, 0.2) is 17.4 Å². The monoisotopic (exact) mass is 507 g/mol. The van der Waals surface area contributed by atoms with Crippen LogP contribution in [0.2, 0.25) is 0 Å². The first-order chi connectivity index (χ1) is 18.1.